The Bertz CT molecular complexity index is 954. The van der Waals surface area contributed by atoms with E-state index >= 15 is 0 Å². The van der Waals surface area contributed by atoms with E-state index in [4.69, 9.17) is 4.98 Å². The predicted octanol–water partition coefficient (Wildman–Crippen LogP) is 5.61. The van der Waals surface area contributed by atoms with Crippen LogP contribution in [0, 0.1) is 26.7 Å². The molecule has 0 radical (unpaired) electrons. The van der Waals surface area contributed by atoms with Crippen molar-refractivity contribution < 1.29 is 4.79 Å². The number of amides is 1. The van der Waals surface area contributed by atoms with Crippen LogP contribution in [0.15, 0.2) is 36.4 Å². The highest BCUT2D eigenvalue weighted by molar-refractivity contribution is 7.13. The maximum absolute atomic E-state index is 12.9. The highest BCUT2D eigenvalue weighted by Crippen LogP contribution is 2.41. The fraction of sp³-hybridized carbons (Fsp3) is 0.364. The van der Waals surface area contributed by atoms with Crippen molar-refractivity contribution in [1.82, 2.24) is 10.3 Å². The topological polar surface area (TPSA) is 42.0 Å². The van der Waals surface area contributed by atoms with E-state index in [-0.39, 0.29) is 11.9 Å². The van der Waals surface area contributed by atoms with E-state index in [9.17, 15) is 4.79 Å². The lowest BCUT2D eigenvalue weighted by Crippen LogP contribution is -2.31. The van der Waals surface area contributed by atoms with E-state index < -0.39 is 0 Å². The number of thiazole rings is 1. The van der Waals surface area contributed by atoms with Gasteiger partial charge in [-0.05, 0) is 51.2 Å². The van der Waals surface area contributed by atoms with Crippen LogP contribution in [0.1, 0.15) is 44.1 Å². The summed E-state index contributed by atoms with van der Waals surface area (Å²) in [4.78, 5) is 21.2. The van der Waals surface area contributed by atoms with Gasteiger partial charge in [0.1, 0.15) is 0 Å². The van der Waals surface area contributed by atoms with Crippen molar-refractivity contribution in [3.05, 3.63) is 61.6 Å². The maximum Gasteiger partial charge on any atom is 0.225 e. The third-order valence-electron chi connectivity index (χ3n) is 4.99. The third kappa shape index (κ3) is 4.14. The maximum atomic E-state index is 12.9. The number of aromatic nitrogens is 1. The van der Waals surface area contributed by atoms with Crippen LogP contribution in [0.4, 0.5) is 0 Å². The number of carbonyl (C=O) groups is 1. The van der Waals surface area contributed by atoms with Gasteiger partial charge in [0, 0.05) is 20.2 Å². The van der Waals surface area contributed by atoms with Gasteiger partial charge in [0.25, 0.3) is 0 Å². The number of carbonyl (C=O) groups excluding carboxylic acids is 1. The van der Waals surface area contributed by atoms with Crippen molar-refractivity contribution >= 4 is 28.6 Å². The molecule has 0 saturated heterocycles. The van der Waals surface area contributed by atoms with Crippen LogP contribution in [0.5, 0.6) is 0 Å². The average Bonchev–Trinajstić information content (AvgIpc) is 3.34. The van der Waals surface area contributed by atoms with Crippen molar-refractivity contribution in [3.8, 4) is 11.3 Å². The van der Waals surface area contributed by atoms with E-state index in [1.807, 2.05) is 25.1 Å². The number of nitrogens with one attached hydrogen (secondary N) is 1. The van der Waals surface area contributed by atoms with Gasteiger partial charge < -0.3 is 5.32 Å². The van der Waals surface area contributed by atoms with Gasteiger partial charge in [-0.15, -0.1) is 22.7 Å². The van der Waals surface area contributed by atoms with Crippen LogP contribution in [0.25, 0.3) is 11.3 Å². The van der Waals surface area contributed by atoms with E-state index in [0.717, 1.165) is 15.6 Å². The number of hydrogen-bond acceptors (Lipinski definition) is 4. The van der Waals surface area contributed by atoms with Gasteiger partial charge in [-0.25, -0.2) is 4.98 Å². The molecule has 2 heterocycles. The average molecular weight is 397 g/mol. The minimum atomic E-state index is 0.0882. The van der Waals surface area contributed by atoms with Crippen molar-refractivity contribution in [2.75, 3.05) is 0 Å². The molecule has 0 bridgehead atoms. The Morgan fingerprint density at radius 2 is 1.93 bits per heavy atom. The monoisotopic (exact) mass is 396 g/mol. The van der Waals surface area contributed by atoms with E-state index in [0.29, 0.717) is 12.3 Å². The molecular weight excluding hydrogens is 372 g/mol. The second-order valence-corrected chi connectivity index (χ2v) is 10.0. The van der Waals surface area contributed by atoms with Crippen LogP contribution in [0.3, 0.4) is 0 Å². The first-order valence-corrected chi connectivity index (χ1v) is 11.0. The summed E-state index contributed by atoms with van der Waals surface area (Å²) in [5, 5.41) is 4.31. The number of aryl methyl sites for hydroxylation is 3. The quantitative estimate of drug-likeness (QED) is 0.589. The smallest absolute Gasteiger partial charge is 0.225 e. The summed E-state index contributed by atoms with van der Waals surface area (Å²) in [7, 11) is 0. The van der Waals surface area contributed by atoms with E-state index in [1.165, 1.54) is 33.7 Å². The molecule has 0 aliphatic heterocycles. The number of thiophene rings is 1. The second-order valence-electron chi connectivity index (χ2n) is 7.30. The number of nitrogens with zero attached hydrogens (tertiary/aromatic N) is 1. The molecule has 1 aliphatic rings. The number of benzene rings is 1. The molecular formula is C22H24N2OS2. The fourth-order valence-corrected chi connectivity index (χ4v) is 5.47. The van der Waals surface area contributed by atoms with Crippen LogP contribution >= 0.6 is 22.7 Å². The first kappa shape index (κ1) is 18.4. The molecule has 1 N–H and O–H groups in total. The van der Waals surface area contributed by atoms with Crippen molar-refractivity contribution in [3.63, 3.8) is 0 Å². The first-order chi connectivity index (χ1) is 13.0. The highest BCUT2D eigenvalue weighted by Gasteiger charge is 2.33. The normalized spacial score (nSPS) is 14.9. The Hall–Kier alpha value is -1.98. The Labute approximate surface area is 168 Å². The summed E-state index contributed by atoms with van der Waals surface area (Å²) in [6.45, 7) is 6.26. The minimum absolute atomic E-state index is 0.0882. The number of rotatable bonds is 6. The van der Waals surface area contributed by atoms with Crippen molar-refractivity contribution in [2.24, 2.45) is 5.92 Å². The molecule has 2 aromatic heterocycles. The zero-order valence-electron chi connectivity index (χ0n) is 15.9. The molecule has 1 atom stereocenters. The van der Waals surface area contributed by atoms with Crippen LogP contribution in [0.2, 0.25) is 0 Å². The second kappa shape index (κ2) is 7.56. The molecule has 1 fully saturated rings. The van der Waals surface area contributed by atoms with Gasteiger partial charge in [-0.1, -0.05) is 30.3 Å². The van der Waals surface area contributed by atoms with Gasteiger partial charge in [0.05, 0.1) is 23.2 Å². The lowest BCUT2D eigenvalue weighted by molar-refractivity contribution is -0.121. The summed E-state index contributed by atoms with van der Waals surface area (Å²) in [6.07, 6.45) is 2.78. The SMILES string of the molecule is Cc1cc(-c2nc(C)sc2CC(=O)N[C@@H](c2ccccc2)C2CC2)c(C)s1. The molecule has 1 saturated carbocycles. The van der Waals surface area contributed by atoms with Gasteiger partial charge in [0.15, 0.2) is 0 Å². The molecule has 0 spiro atoms. The molecule has 1 aromatic carbocycles. The molecule has 3 nitrogen and oxygen atoms in total. The third-order valence-corrected chi connectivity index (χ3v) is 6.93. The zero-order chi connectivity index (χ0) is 19.0. The summed E-state index contributed by atoms with van der Waals surface area (Å²) in [6, 6.07) is 12.7. The molecule has 1 aliphatic carbocycles. The highest BCUT2D eigenvalue weighted by atomic mass is 32.1. The Balaban J connectivity index is 1.54. The van der Waals surface area contributed by atoms with Gasteiger partial charge >= 0.3 is 0 Å². The van der Waals surface area contributed by atoms with Gasteiger partial charge in [0.2, 0.25) is 5.91 Å². The van der Waals surface area contributed by atoms with Crippen LogP contribution in [-0.4, -0.2) is 10.9 Å². The summed E-state index contributed by atoms with van der Waals surface area (Å²) in [5.74, 6) is 0.658. The van der Waals surface area contributed by atoms with Crippen LogP contribution in [-0.2, 0) is 11.2 Å². The summed E-state index contributed by atoms with van der Waals surface area (Å²) < 4.78 is 0. The van der Waals surface area contributed by atoms with Gasteiger partial charge in [-0.2, -0.15) is 0 Å². The Kier molecular flexibility index (Phi) is 5.15. The Morgan fingerprint density at radius 3 is 2.56 bits per heavy atom. The van der Waals surface area contributed by atoms with Crippen LogP contribution < -0.4 is 5.32 Å². The molecule has 3 aromatic rings. The molecule has 0 unspecified atom stereocenters. The lowest BCUT2D eigenvalue weighted by Gasteiger charge is -2.18. The molecule has 5 heteroatoms. The minimum Gasteiger partial charge on any atom is -0.349 e. The van der Waals surface area contributed by atoms with Gasteiger partial charge in [-0.3, -0.25) is 4.79 Å². The van der Waals surface area contributed by atoms with Crippen molar-refractivity contribution in [1.29, 1.82) is 0 Å². The standard InChI is InChI=1S/C22H24N2OS2/c1-13-11-18(14(2)26-13)22-19(27-15(3)23-22)12-20(25)24-21(17-9-10-17)16-7-5-4-6-8-16/h4-8,11,17,21H,9-10,12H2,1-3H3,(H,24,25)/t21-/m0/s1. The fourth-order valence-electron chi connectivity index (χ4n) is 3.60. The zero-order valence-corrected chi connectivity index (χ0v) is 17.5. The summed E-state index contributed by atoms with van der Waals surface area (Å²) in [5.41, 5.74) is 3.36. The van der Waals surface area contributed by atoms with E-state index in [2.05, 4.69) is 37.4 Å². The molecule has 27 heavy (non-hydrogen) atoms. The molecule has 4 rings (SSSR count). The first-order valence-electron chi connectivity index (χ1n) is 9.39. The number of hydrogen-bond donors (Lipinski definition) is 1. The van der Waals surface area contributed by atoms with Crippen molar-refractivity contribution in [2.45, 2.75) is 46.1 Å². The molecule has 1 amide bonds. The lowest BCUT2D eigenvalue weighted by atomic mass is 10.0. The molecule has 140 valence electrons. The Morgan fingerprint density at radius 1 is 1.19 bits per heavy atom. The largest absolute Gasteiger partial charge is 0.349 e. The summed E-state index contributed by atoms with van der Waals surface area (Å²) >= 11 is 3.42. The predicted molar refractivity (Wildman–Crippen MR) is 113 cm³/mol. The van der Waals surface area contributed by atoms with E-state index in [1.54, 1.807) is 22.7 Å².